The summed E-state index contributed by atoms with van der Waals surface area (Å²) >= 11 is 2.06. The van der Waals surface area contributed by atoms with E-state index >= 15 is 0 Å². The summed E-state index contributed by atoms with van der Waals surface area (Å²) in [6.07, 6.45) is -17.9. The van der Waals surface area contributed by atoms with Crippen molar-refractivity contribution < 1.29 is 43.9 Å². The quantitative estimate of drug-likeness (QED) is 0.550. The van der Waals surface area contributed by atoms with Gasteiger partial charge in [0.15, 0.2) is 0 Å². The minimum Gasteiger partial charge on any atom is -0.218 e. The van der Waals surface area contributed by atoms with E-state index < -0.39 is 39.8 Å². The second-order valence-electron chi connectivity index (χ2n) is 3.75. The van der Waals surface area contributed by atoms with Crippen LogP contribution in [0.25, 0.3) is 0 Å². The predicted molar refractivity (Wildman–Crippen MR) is 52.9 cm³/mol. The summed E-state index contributed by atoms with van der Waals surface area (Å²) < 4.78 is 124. The van der Waals surface area contributed by atoms with Crippen LogP contribution in [0.15, 0.2) is 16.6 Å². The van der Waals surface area contributed by atoms with E-state index in [0.717, 1.165) is 0 Å². The molecule has 0 aliphatic rings. The first kappa shape index (κ1) is 18.1. The molecule has 0 aliphatic heterocycles. The second-order valence-corrected chi connectivity index (χ2v) is 4.54. The molecule has 0 heterocycles. The number of alkyl halides is 10. The van der Waals surface area contributed by atoms with E-state index in [-0.39, 0.29) is 12.1 Å². The van der Waals surface area contributed by atoms with Gasteiger partial charge in [0.25, 0.3) is 0 Å². The van der Waals surface area contributed by atoms with Gasteiger partial charge in [-0.25, -0.2) is 4.39 Å². The zero-order valence-corrected chi connectivity index (χ0v) is 10.9. The van der Waals surface area contributed by atoms with Crippen LogP contribution in [0.2, 0.25) is 0 Å². The van der Waals surface area contributed by atoms with E-state index in [1.54, 1.807) is 0 Å². The van der Waals surface area contributed by atoms with Crippen LogP contribution < -0.4 is 0 Å². The molecule has 0 aromatic heterocycles. The Morgan fingerprint density at radius 1 is 0.762 bits per heavy atom. The number of hydrogen-bond acceptors (Lipinski definition) is 0. The van der Waals surface area contributed by atoms with Crippen LogP contribution in [0.4, 0.5) is 43.9 Å². The van der Waals surface area contributed by atoms with E-state index in [0.29, 0.717) is 0 Å². The van der Waals surface area contributed by atoms with Gasteiger partial charge in [0, 0.05) is 16.1 Å². The summed E-state index contributed by atoms with van der Waals surface area (Å²) in [5.74, 6) is 0. The van der Waals surface area contributed by atoms with E-state index in [1.165, 1.54) is 6.07 Å². The largest absolute Gasteiger partial charge is 0.435 e. The van der Waals surface area contributed by atoms with E-state index in [1.807, 2.05) is 0 Å². The van der Waals surface area contributed by atoms with E-state index in [4.69, 9.17) is 0 Å². The third-order valence-electron chi connectivity index (χ3n) is 2.36. The zero-order valence-electron chi connectivity index (χ0n) is 9.31. The average molecular weight is 392 g/mol. The van der Waals surface area contributed by atoms with Crippen molar-refractivity contribution in [2.45, 2.75) is 24.2 Å². The van der Waals surface area contributed by atoms with Crippen LogP contribution in [0.1, 0.15) is 11.1 Å². The van der Waals surface area contributed by atoms with Crippen molar-refractivity contribution in [3.63, 3.8) is 0 Å². The fourth-order valence-electron chi connectivity index (χ4n) is 1.36. The van der Waals surface area contributed by atoms with Crippen molar-refractivity contribution in [2.24, 2.45) is 0 Å². The lowest BCUT2D eigenvalue weighted by Gasteiger charge is -2.31. The molecule has 1 aromatic rings. The maximum absolute atomic E-state index is 13.6. The molecule has 0 amide bonds. The standard InChI is InChI=1S/C10H2BrF10/c11-6-3-4(8(13,14)15)1-2-5(6)7(12,9(16,17)18)10(19,20)21/h1-2H. The maximum Gasteiger partial charge on any atom is 0.435 e. The molecular formula is C10H2BrF10. The number of hydrogen-bond donors (Lipinski definition) is 0. The molecule has 0 fully saturated rings. The third-order valence-corrected chi connectivity index (χ3v) is 2.98. The Labute approximate surface area is 118 Å². The van der Waals surface area contributed by atoms with Crippen molar-refractivity contribution in [2.75, 3.05) is 0 Å². The summed E-state index contributed by atoms with van der Waals surface area (Å²) in [7, 11) is 0. The molecule has 21 heavy (non-hydrogen) atoms. The summed E-state index contributed by atoms with van der Waals surface area (Å²) in [4.78, 5) is 0. The molecule has 0 nitrogen and oxygen atoms in total. The first-order valence-electron chi connectivity index (χ1n) is 4.74. The minimum absolute atomic E-state index is 0.119. The SMILES string of the molecule is FC(F)(F)c1[c]c(Br)c(C(F)(C(F)(F)F)C(F)(F)F)cc1. The fraction of sp³-hybridized carbons (Fsp3) is 0.400. The van der Waals surface area contributed by atoms with Gasteiger partial charge >= 0.3 is 24.2 Å². The molecule has 0 bridgehead atoms. The van der Waals surface area contributed by atoms with Crippen LogP contribution in [-0.4, -0.2) is 12.4 Å². The van der Waals surface area contributed by atoms with Crippen LogP contribution in [-0.2, 0) is 11.8 Å². The van der Waals surface area contributed by atoms with Crippen LogP contribution in [0.5, 0.6) is 0 Å². The Kier molecular flexibility index (Phi) is 4.32. The summed E-state index contributed by atoms with van der Waals surface area (Å²) in [6, 6.07) is 0.866. The monoisotopic (exact) mass is 391 g/mol. The van der Waals surface area contributed by atoms with Crippen molar-refractivity contribution in [1.82, 2.24) is 0 Å². The van der Waals surface area contributed by atoms with Gasteiger partial charge in [-0.05, 0) is 22.0 Å². The molecule has 11 heteroatoms. The van der Waals surface area contributed by atoms with Gasteiger partial charge in [0.05, 0.1) is 5.56 Å². The fourth-order valence-corrected chi connectivity index (χ4v) is 1.98. The lowest BCUT2D eigenvalue weighted by atomic mass is 9.93. The molecule has 0 saturated carbocycles. The molecule has 1 aromatic carbocycles. The highest BCUT2D eigenvalue weighted by atomic mass is 79.9. The van der Waals surface area contributed by atoms with Gasteiger partial charge in [-0.3, -0.25) is 0 Å². The summed E-state index contributed by atoms with van der Waals surface area (Å²) in [5, 5.41) is 0. The van der Waals surface area contributed by atoms with Gasteiger partial charge in [-0.1, -0.05) is 6.07 Å². The van der Waals surface area contributed by atoms with E-state index in [2.05, 4.69) is 15.9 Å². The summed E-state index contributed by atoms with van der Waals surface area (Å²) in [5.41, 5.74) is -9.53. The molecule has 1 rings (SSSR count). The molecule has 0 aliphatic carbocycles. The molecule has 0 saturated heterocycles. The van der Waals surface area contributed by atoms with Gasteiger partial charge in [-0.2, -0.15) is 39.5 Å². The molecule has 119 valence electrons. The highest BCUT2D eigenvalue weighted by Crippen LogP contribution is 2.55. The van der Waals surface area contributed by atoms with Crippen LogP contribution >= 0.6 is 15.9 Å². The Morgan fingerprint density at radius 3 is 1.48 bits per heavy atom. The Hall–Kier alpha value is -1.00. The van der Waals surface area contributed by atoms with Crippen molar-refractivity contribution >= 4 is 15.9 Å². The summed E-state index contributed by atoms with van der Waals surface area (Å²) in [6.45, 7) is 0. The van der Waals surface area contributed by atoms with Gasteiger partial charge in [0.1, 0.15) is 0 Å². The topological polar surface area (TPSA) is 0 Å². The minimum atomic E-state index is -6.42. The maximum atomic E-state index is 13.6. The molecule has 0 N–H and O–H groups in total. The number of halogens is 11. The molecule has 1 radical (unpaired) electrons. The lowest BCUT2D eigenvalue weighted by molar-refractivity contribution is -0.348. The zero-order chi connectivity index (χ0) is 16.9. The van der Waals surface area contributed by atoms with E-state index in [9.17, 15) is 43.9 Å². The van der Waals surface area contributed by atoms with Crippen LogP contribution in [0.3, 0.4) is 0 Å². The van der Waals surface area contributed by atoms with Gasteiger partial charge < -0.3 is 0 Å². The molecule has 0 atom stereocenters. The first-order chi connectivity index (χ1) is 9.12. The average Bonchev–Trinajstić information content (AvgIpc) is 2.23. The highest BCUT2D eigenvalue weighted by molar-refractivity contribution is 9.10. The van der Waals surface area contributed by atoms with Crippen molar-refractivity contribution in [1.29, 1.82) is 0 Å². The molecule has 0 unspecified atom stereocenters. The van der Waals surface area contributed by atoms with Crippen molar-refractivity contribution in [3.8, 4) is 0 Å². The normalized spacial score (nSPS) is 14.4. The lowest BCUT2D eigenvalue weighted by Crippen LogP contribution is -2.50. The Bertz CT molecular complexity index is 510. The number of benzene rings is 1. The van der Waals surface area contributed by atoms with Crippen LogP contribution in [0, 0.1) is 6.07 Å². The molecular weight excluding hydrogens is 390 g/mol. The Balaban J connectivity index is 3.57. The first-order valence-corrected chi connectivity index (χ1v) is 5.53. The third kappa shape index (κ3) is 3.11. The predicted octanol–water partition coefficient (Wildman–Crippen LogP) is 5.56. The highest BCUT2D eigenvalue weighted by Gasteiger charge is 2.74. The van der Waals surface area contributed by atoms with Gasteiger partial charge in [0.2, 0.25) is 0 Å². The second kappa shape index (κ2) is 5.03. The molecule has 0 spiro atoms. The smallest absolute Gasteiger partial charge is 0.218 e. The van der Waals surface area contributed by atoms with Gasteiger partial charge in [-0.15, -0.1) is 0 Å². The van der Waals surface area contributed by atoms with Crippen molar-refractivity contribution in [3.05, 3.63) is 33.8 Å². The Morgan fingerprint density at radius 2 is 1.19 bits per heavy atom. The number of rotatable bonds is 1.